The average molecular weight is 489 g/mol. The van der Waals surface area contributed by atoms with Crippen LogP contribution in [0, 0.1) is 5.92 Å². The van der Waals surface area contributed by atoms with Crippen molar-refractivity contribution in [2.45, 2.75) is 20.3 Å². The van der Waals surface area contributed by atoms with Crippen LogP contribution in [0.15, 0.2) is 73.4 Å². The molecule has 0 fully saturated rings. The van der Waals surface area contributed by atoms with E-state index in [9.17, 15) is 4.79 Å². The number of H-pyrrole nitrogens is 2. The third-order valence-electron chi connectivity index (χ3n) is 6.09. The molecule has 0 aliphatic rings. The third-order valence-corrected chi connectivity index (χ3v) is 6.09. The van der Waals surface area contributed by atoms with Gasteiger partial charge in [0.05, 0.1) is 40.7 Å². The molecule has 0 unspecified atom stereocenters. The summed E-state index contributed by atoms with van der Waals surface area (Å²) in [7, 11) is 0. The molecule has 0 bridgehead atoms. The molecule has 6 heterocycles. The van der Waals surface area contributed by atoms with Gasteiger partial charge in [-0.1, -0.05) is 19.9 Å². The van der Waals surface area contributed by atoms with Crippen molar-refractivity contribution >= 4 is 33.5 Å². The predicted octanol–water partition coefficient (Wildman–Crippen LogP) is 5.61. The lowest BCUT2D eigenvalue weighted by Gasteiger charge is -2.08. The first-order chi connectivity index (χ1) is 18.0. The molecule has 0 radical (unpaired) electrons. The molecular weight excluding hydrogens is 464 g/mol. The molecule has 0 saturated carbocycles. The predicted molar refractivity (Wildman–Crippen MR) is 144 cm³/mol. The smallest absolute Gasteiger partial charge is 0.224 e. The van der Waals surface area contributed by atoms with E-state index in [1.54, 1.807) is 31.0 Å². The molecule has 6 aromatic rings. The second-order valence-corrected chi connectivity index (χ2v) is 9.31. The summed E-state index contributed by atoms with van der Waals surface area (Å²) < 4.78 is 0. The monoisotopic (exact) mass is 488 g/mol. The van der Waals surface area contributed by atoms with Crippen LogP contribution in [0.3, 0.4) is 0 Å². The van der Waals surface area contributed by atoms with Crippen molar-refractivity contribution in [3.05, 3.63) is 73.4 Å². The molecule has 9 nitrogen and oxygen atoms in total. The number of aromatic amines is 2. The lowest BCUT2D eigenvalue weighted by Crippen LogP contribution is -2.13. The van der Waals surface area contributed by atoms with Crippen LogP contribution in [-0.2, 0) is 4.79 Å². The number of carbonyl (C=O) groups is 1. The van der Waals surface area contributed by atoms with Crippen LogP contribution < -0.4 is 5.32 Å². The largest absolute Gasteiger partial charge is 0.338 e. The Balaban J connectivity index is 1.38. The zero-order valence-corrected chi connectivity index (χ0v) is 20.4. The van der Waals surface area contributed by atoms with Gasteiger partial charge in [-0.15, -0.1) is 0 Å². The van der Waals surface area contributed by atoms with Crippen molar-refractivity contribution < 1.29 is 4.79 Å². The number of anilines is 1. The van der Waals surface area contributed by atoms with Crippen LogP contribution in [0.2, 0.25) is 0 Å². The van der Waals surface area contributed by atoms with Crippen molar-refractivity contribution in [3.63, 3.8) is 0 Å². The Morgan fingerprint density at radius 2 is 1.86 bits per heavy atom. The molecule has 1 amide bonds. The van der Waals surface area contributed by atoms with E-state index in [0.29, 0.717) is 12.1 Å². The minimum atomic E-state index is -0.0352. The van der Waals surface area contributed by atoms with E-state index >= 15 is 0 Å². The van der Waals surface area contributed by atoms with Crippen LogP contribution >= 0.6 is 0 Å². The molecule has 0 spiro atoms. The number of hydrogen-bond donors (Lipinski definition) is 3. The van der Waals surface area contributed by atoms with Crippen molar-refractivity contribution in [1.82, 2.24) is 35.1 Å². The molecule has 9 heteroatoms. The fraction of sp³-hybridized carbons (Fsp3) is 0.143. The molecule has 182 valence electrons. The van der Waals surface area contributed by atoms with Crippen LogP contribution in [0.4, 0.5) is 5.69 Å². The minimum Gasteiger partial charge on any atom is -0.338 e. The van der Waals surface area contributed by atoms with Gasteiger partial charge in [0.2, 0.25) is 5.91 Å². The molecule has 0 aromatic carbocycles. The number of pyridine rings is 4. The highest BCUT2D eigenvalue weighted by Gasteiger charge is 2.16. The van der Waals surface area contributed by atoms with Crippen molar-refractivity contribution in [3.8, 4) is 33.9 Å². The number of amides is 1. The van der Waals surface area contributed by atoms with Gasteiger partial charge in [-0.3, -0.25) is 24.8 Å². The Morgan fingerprint density at radius 1 is 0.946 bits per heavy atom. The average Bonchev–Trinajstić information content (AvgIpc) is 3.52. The Hall–Kier alpha value is -4.92. The standard InChI is InChI=1S/C28H24N8O/c1-16(2)9-26(37)33-18-10-17(13-29-14-18)23-12-21-25(15-32-23)35-36-27(21)24-11-20-19(6-8-31-28(20)34-24)22-5-3-4-7-30-22/h3-8,10-16H,9H2,1-2H3,(H,31,34)(H,33,37)(H,35,36). The van der Waals surface area contributed by atoms with E-state index in [1.165, 1.54) is 0 Å². The van der Waals surface area contributed by atoms with Crippen LogP contribution in [-0.4, -0.2) is 41.0 Å². The maximum Gasteiger partial charge on any atom is 0.224 e. The lowest BCUT2D eigenvalue weighted by molar-refractivity contribution is -0.116. The fourth-order valence-corrected chi connectivity index (χ4v) is 4.41. The summed E-state index contributed by atoms with van der Waals surface area (Å²) in [6, 6.07) is 13.7. The van der Waals surface area contributed by atoms with Crippen LogP contribution in [0.1, 0.15) is 20.3 Å². The van der Waals surface area contributed by atoms with E-state index in [-0.39, 0.29) is 11.8 Å². The van der Waals surface area contributed by atoms with E-state index in [0.717, 1.165) is 55.8 Å². The van der Waals surface area contributed by atoms with Gasteiger partial charge in [-0.05, 0) is 42.3 Å². The summed E-state index contributed by atoms with van der Waals surface area (Å²) in [5.74, 6) is 0.242. The first-order valence-electron chi connectivity index (χ1n) is 12.0. The summed E-state index contributed by atoms with van der Waals surface area (Å²) in [6.07, 6.45) is 9.14. The van der Waals surface area contributed by atoms with E-state index < -0.39 is 0 Å². The zero-order chi connectivity index (χ0) is 25.4. The SMILES string of the molecule is CC(C)CC(=O)Nc1cncc(-c2cc3c(-c4cc5c(-c6ccccn6)ccnc5[nH]4)n[nH]c3cn2)c1. The van der Waals surface area contributed by atoms with Crippen molar-refractivity contribution in [1.29, 1.82) is 0 Å². The minimum absolute atomic E-state index is 0.0352. The molecule has 37 heavy (non-hydrogen) atoms. The summed E-state index contributed by atoms with van der Waals surface area (Å²) in [6.45, 7) is 4.02. The number of hydrogen-bond acceptors (Lipinski definition) is 6. The number of carbonyl (C=O) groups excluding carboxylic acids is 1. The molecule has 0 atom stereocenters. The van der Waals surface area contributed by atoms with Gasteiger partial charge in [0.15, 0.2) is 0 Å². The second kappa shape index (κ2) is 9.27. The second-order valence-electron chi connectivity index (χ2n) is 9.31. The molecule has 3 N–H and O–H groups in total. The molecule has 0 saturated heterocycles. The topological polar surface area (TPSA) is 125 Å². The highest BCUT2D eigenvalue weighted by atomic mass is 16.1. The van der Waals surface area contributed by atoms with Gasteiger partial charge in [0.1, 0.15) is 11.3 Å². The normalized spacial score (nSPS) is 11.4. The Kier molecular flexibility index (Phi) is 5.65. The highest BCUT2D eigenvalue weighted by molar-refractivity contribution is 6.00. The van der Waals surface area contributed by atoms with E-state index in [2.05, 4.69) is 46.5 Å². The Labute approximate surface area is 212 Å². The maximum atomic E-state index is 12.2. The number of nitrogens with one attached hydrogen (secondary N) is 3. The molecular formula is C28H24N8O. The van der Waals surface area contributed by atoms with Crippen molar-refractivity contribution in [2.75, 3.05) is 5.32 Å². The Morgan fingerprint density at radius 3 is 2.70 bits per heavy atom. The maximum absolute atomic E-state index is 12.2. The summed E-state index contributed by atoms with van der Waals surface area (Å²) in [5, 5.41) is 12.4. The quantitative estimate of drug-likeness (QED) is 0.280. The molecule has 0 aliphatic heterocycles. The van der Waals surface area contributed by atoms with Crippen LogP contribution in [0.5, 0.6) is 0 Å². The first kappa shape index (κ1) is 22.5. The fourth-order valence-electron chi connectivity index (χ4n) is 4.41. The number of fused-ring (bicyclic) bond motifs is 2. The van der Waals surface area contributed by atoms with Gasteiger partial charge in [0, 0.05) is 46.9 Å². The van der Waals surface area contributed by atoms with Gasteiger partial charge >= 0.3 is 0 Å². The zero-order valence-electron chi connectivity index (χ0n) is 20.4. The number of aromatic nitrogens is 7. The Bertz CT molecular complexity index is 1740. The van der Waals surface area contributed by atoms with E-state index in [1.807, 2.05) is 50.2 Å². The lowest BCUT2D eigenvalue weighted by atomic mass is 10.1. The molecule has 6 aromatic heterocycles. The van der Waals surface area contributed by atoms with Crippen molar-refractivity contribution in [2.24, 2.45) is 5.92 Å². The van der Waals surface area contributed by atoms with Gasteiger partial charge in [0.25, 0.3) is 0 Å². The summed E-state index contributed by atoms with van der Waals surface area (Å²) in [5.41, 5.74) is 7.21. The summed E-state index contributed by atoms with van der Waals surface area (Å²) >= 11 is 0. The van der Waals surface area contributed by atoms with E-state index in [4.69, 9.17) is 0 Å². The highest BCUT2D eigenvalue weighted by Crippen LogP contribution is 2.33. The third kappa shape index (κ3) is 4.42. The van der Waals surface area contributed by atoms with Crippen LogP contribution in [0.25, 0.3) is 55.8 Å². The number of rotatable bonds is 6. The summed E-state index contributed by atoms with van der Waals surface area (Å²) in [4.78, 5) is 33.5. The van der Waals surface area contributed by atoms with Gasteiger partial charge in [-0.2, -0.15) is 5.10 Å². The first-order valence-corrected chi connectivity index (χ1v) is 12.0. The molecule has 0 aliphatic carbocycles. The number of nitrogens with zero attached hydrogens (tertiary/aromatic N) is 5. The van der Waals surface area contributed by atoms with Gasteiger partial charge < -0.3 is 10.3 Å². The molecule has 6 rings (SSSR count). The van der Waals surface area contributed by atoms with Gasteiger partial charge in [-0.25, -0.2) is 4.98 Å².